The highest BCUT2D eigenvalue weighted by Gasteiger charge is 2.12. The molecule has 0 saturated carbocycles. The third-order valence-electron chi connectivity index (χ3n) is 3.07. The van der Waals surface area contributed by atoms with Crippen LogP contribution in [-0.2, 0) is 13.0 Å². The first-order chi connectivity index (χ1) is 9.44. The number of aromatic amines is 1. The van der Waals surface area contributed by atoms with Gasteiger partial charge in [-0.3, -0.25) is 4.79 Å². The van der Waals surface area contributed by atoms with Gasteiger partial charge in [0, 0.05) is 24.5 Å². The number of amides is 1. The Morgan fingerprint density at radius 3 is 2.35 bits per heavy atom. The number of aromatic nitrogens is 1. The summed E-state index contributed by atoms with van der Waals surface area (Å²) in [6.45, 7) is 7.19. The average molecular weight is 270 g/mol. The van der Waals surface area contributed by atoms with E-state index < -0.39 is 0 Å². The minimum absolute atomic E-state index is 0.0338. The summed E-state index contributed by atoms with van der Waals surface area (Å²) in [5.74, 6) is -0.0338. The molecule has 0 saturated heterocycles. The van der Waals surface area contributed by atoms with Crippen LogP contribution in [0, 0.1) is 5.41 Å². The maximum atomic E-state index is 12.0. The summed E-state index contributed by atoms with van der Waals surface area (Å²) < 4.78 is 0. The summed E-state index contributed by atoms with van der Waals surface area (Å²) in [6.07, 6.45) is 4.74. The lowest BCUT2D eigenvalue weighted by Gasteiger charge is -2.18. The molecule has 0 aliphatic heterocycles. The number of carbonyl (C=O) groups excluding carboxylic acids is 1. The molecule has 0 spiro atoms. The molecule has 2 N–H and O–H groups in total. The Morgan fingerprint density at radius 1 is 1.10 bits per heavy atom. The molecule has 106 valence electrons. The Hall–Kier alpha value is -2.03. The van der Waals surface area contributed by atoms with E-state index in [-0.39, 0.29) is 11.3 Å². The van der Waals surface area contributed by atoms with Crippen molar-refractivity contribution in [2.75, 3.05) is 0 Å². The number of benzene rings is 1. The summed E-state index contributed by atoms with van der Waals surface area (Å²) in [7, 11) is 0. The molecule has 0 fully saturated rings. The SMILES string of the molecule is CC(C)(C)Cc1ccc(C(=O)NCc2cc[nH]c2)cc1. The van der Waals surface area contributed by atoms with Gasteiger partial charge in [-0.1, -0.05) is 32.9 Å². The van der Waals surface area contributed by atoms with E-state index in [0.29, 0.717) is 12.1 Å². The van der Waals surface area contributed by atoms with Crippen LogP contribution in [-0.4, -0.2) is 10.9 Å². The third kappa shape index (κ3) is 4.26. The first kappa shape index (κ1) is 14.4. The number of rotatable bonds is 4. The van der Waals surface area contributed by atoms with E-state index in [1.807, 2.05) is 42.7 Å². The van der Waals surface area contributed by atoms with Crippen molar-refractivity contribution in [1.82, 2.24) is 10.3 Å². The van der Waals surface area contributed by atoms with Gasteiger partial charge >= 0.3 is 0 Å². The molecule has 0 bridgehead atoms. The van der Waals surface area contributed by atoms with E-state index in [0.717, 1.165) is 12.0 Å². The maximum Gasteiger partial charge on any atom is 0.251 e. The van der Waals surface area contributed by atoms with Crippen LogP contribution in [0.25, 0.3) is 0 Å². The maximum absolute atomic E-state index is 12.0. The zero-order valence-corrected chi connectivity index (χ0v) is 12.4. The van der Waals surface area contributed by atoms with Crippen LogP contribution in [0.4, 0.5) is 0 Å². The molecule has 20 heavy (non-hydrogen) atoms. The summed E-state index contributed by atoms with van der Waals surface area (Å²) in [6, 6.07) is 9.82. The van der Waals surface area contributed by atoms with Gasteiger partial charge in [-0.2, -0.15) is 0 Å². The number of hydrogen-bond donors (Lipinski definition) is 2. The topological polar surface area (TPSA) is 44.9 Å². The molecular formula is C17H22N2O. The molecule has 0 atom stereocenters. The van der Waals surface area contributed by atoms with Gasteiger partial charge in [0.25, 0.3) is 5.91 Å². The van der Waals surface area contributed by atoms with E-state index in [1.54, 1.807) is 0 Å². The predicted molar refractivity (Wildman–Crippen MR) is 81.6 cm³/mol. The second kappa shape index (κ2) is 5.95. The molecule has 0 aliphatic carbocycles. The van der Waals surface area contributed by atoms with Gasteiger partial charge in [-0.05, 0) is 41.2 Å². The largest absolute Gasteiger partial charge is 0.367 e. The lowest BCUT2D eigenvalue weighted by atomic mass is 9.88. The van der Waals surface area contributed by atoms with Crippen LogP contribution < -0.4 is 5.32 Å². The van der Waals surface area contributed by atoms with E-state index in [2.05, 4.69) is 31.1 Å². The van der Waals surface area contributed by atoms with Gasteiger partial charge in [0.2, 0.25) is 0 Å². The van der Waals surface area contributed by atoms with Crippen molar-refractivity contribution in [1.29, 1.82) is 0 Å². The van der Waals surface area contributed by atoms with E-state index >= 15 is 0 Å². The van der Waals surface area contributed by atoms with Crippen molar-refractivity contribution < 1.29 is 4.79 Å². The van der Waals surface area contributed by atoms with Gasteiger partial charge in [0.15, 0.2) is 0 Å². The lowest BCUT2D eigenvalue weighted by Crippen LogP contribution is -2.22. The first-order valence-electron chi connectivity index (χ1n) is 6.93. The first-order valence-corrected chi connectivity index (χ1v) is 6.93. The normalized spacial score (nSPS) is 11.3. The van der Waals surface area contributed by atoms with Crippen molar-refractivity contribution in [2.24, 2.45) is 5.41 Å². The highest BCUT2D eigenvalue weighted by atomic mass is 16.1. The van der Waals surface area contributed by atoms with E-state index in [4.69, 9.17) is 0 Å². The van der Waals surface area contributed by atoms with Crippen molar-refractivity contribution in [2.45, 2.75) is 33.7 Å². The van der Waals surface area contributed by atoms with Crippen LogP contribution in [0.1, 0.15) is 42.3 Å². The molecule has 0 unspecified atom stereocenters. The van der Waals surface area contributed by atoms with Crippen LogP contribution in [0.15, 0.2) is 42.7 Å². The summed E-state index contributed by atoms with van der Waals surface area (Å²) >= 11 is 0. The molecule has 1 aromatic carbocycles. The molecule has 1 heterocycles. The van der Waals surface area contributed by atoms with Crippen LogP contribution in [0.5, 0.6) is 0 Å². The summed E-state index contributed by atoms with van der Waals surface area (Å²) in [4.78, 5) is 15.0. The molecule has 2 aromatic rings. The monoisotopic (exact) mass is 270 g/mol. The summed E-state index contributed by atoms with van der Waals surface area (Å²) in [5.41, 5.74) is 3.30. The van der Waals surface area contributed by atoms with Gasteiger partial charge in [0.05, 0.1) is 0 Å². The molecule has 0 aliphatic rings. The average Bonchev–Trinajstić information content (AvgIpc) is 2.88. The zero-order chi connectivity index (χ0) is 14.6. The van der Waals surface area contributed by atoms with Crippen LogP contribution in [0.3, 0.4) is 0 Å². The summed E-state index contributed by atoms with van der Waals surface area (Å²) in [5, 5.41) is 2.91. The van der Waals surface area contributed by atoms with Crippen molar-refractivity contribution in [3.05, 3.63) is 59.4 Å². The Bertz CT molecular complexity index is 548. The molecule has 1 aromatic heterocycles. The van der Waals surface area contributed by atoms with Gasteiger partial charge in [-0.25, -0.2) is 0 Å². The second-order valence-corrected chi connectivity index (χ2v) is 6.34. The molecule has 2 rings (SSSR count). The third-order valence-corrected chi connectivity index (χ3v) is 3.07. The second-order valence-electron chi connectivity index (χ2n) is 6.34. The number of hydrogen-bond acceptors (Lipinski definition) is 1. The Morgan fingerprint density at radius 2 is 1.80 bits per heavy atom. The molecule has 3 heteroatoms. The van der Waals surface area contributed by atoms with Crippen molar-refractivity contribution in [3.63, 3.8) is 0 Å². The molecule has 1 amide bonds. The van der Waals surface area contributed by atoms with Crippen LogP contribution >= 0.6 is 0 Å². The fraction of sp³-hybridized carbons (Fsp3) is 0.353. The van der Waals surface area contributed by atoms with Gasteiger partial charge in [-0.15, -0.1) is 0 Å². The quantitative estimate of drug-likeness (QED) is 0.877. The number of carbonyl (C=O) groups is 1. The fourth-order valence-corrected chi connectivity index (χ4v) is 2.14. The van der Waals surface area contributed by atoms with Crippen molar-refractivity contribution >= 4 is 5.91 Å². The molecular weight excluding hydrogens is 248 g/mol. The highest BCUT2D eigenvalue weighted by Crippen LogP contribution is 2.20. The van der Waals surface area contributed by atoms with Gasteiger partial charge < -0.3 is 10.3 Å². The Kier molecular flexibility index (Phi) is 4.28. The number of nitrogens with one attached hydrogen (secondary N) is 2. The molecule has 3 nitrogen and oxygen atoms in total. The zero-order valence-electron chi connectivity index (χ0n) is 12.4. The van der Waals surface area contributed by atoms with Crippen molar-refractivity contribution in [3.8, 4) is 0 Å². The minimum atomic E-state index is -0.0338. The predicted octanol–water partition coefficient (Wildman–Crippen LogP) is 3.53. The van der Waals surface area contributed by atoms with Gasteiger partial charge in [0.1, 0.15) is 0 Å². The molecule has 0 radical (unpaired) electrons. The highest BCUT2D eigenvalue weighted by molar-refractivity contribution is 5.94. The fourth-order valence-electron chi connectivity index (χ4n) is 2.14. The van der Waals surface area contributed by atoms with E-state index in [9.17, 15) is 4.79 Å². The lowest BCUT2D eigenvalue weighted by molar-refractivity contribution is 0.0951. The minimum Gasteiger partial charge on any atom is -0.367 e. The van der Waals surface area contributed by atoms with Crippen LogP contribution in [0.2, 0.25) is 0 Å². The Balaban J connectivity index is 1.93. The Labute approximate surface area is 120 Å². The smallest absolute Gasteiger partial charge is 0.251 e. The standard InChI is InChI=1S/C17H22N2O/c1-17(2,3)10-13-4-6-15(7-5-13)16(20)19-12-14-8-9-18-11-14/h4-9,11,18H,10,12H2,1-3H3,(H,19,20). The number of H-pyrrole nitrogens is 1. The van der Waals surface area contributed by atoms with E-state index in [1.165, 1.54) is 5.56 Å².